The maximum Gasteiger partial charge on any atom is 0.119 e. The maximum atomic E-state index is 8.77. The summed E-state index contributed by atoms with van der Waals surface area (Å²) in [5, 5.41) is 12.2. The molecule has 0 unspecified atom stereocenters. The molecule has 0 fully saturated rings. The summed E-state index contributed by atoms with van der Waals surface area (Å²) in [4.78, 5) is 0. The highest BCUT2D eigenvalue weighted by Crippen LogP contribution is 2.21. The van der Waals surface area contributed by atoms with Gasteiger partial charge in [0.2, 0.25) is 0 Å². The molecule has 0 amide bonds. The molecule has 19 heavy (non-hydrogen) atoms. The SMILES string of the molecule is COc1ccc(N[C@H](C)c2ccc(C#N)cc2)cc1. The minimum atomic E-state index is 0.182. The fourth-order valence-electron chi connectivity index (χ4n) is 1.87. The highest BCUT2D eigenvalue weighted by molar-refractivity contribution is 5.48. The van der Waals surface area contributed by atoms with Gasteiger partial charge >= 0.3 is 0 Å². The zero-order valence-corrected chi connectivity index (χ0v) is 11.1. The number of anilines is 1. The number of hydrogen-bond donors (Lipinski definition) is 1. The third-order valence-corrected chi connectivity index (χ3v) is 3.01. The Morgan fingerprint density at radius 1 is 1.05 bits per heavy atom. The summed E-state index contributed by atoms with van der Waals surface area (Å²) in [5.74, 6) is 0.844. The Morgan fingerprint density at radius 2 is 1.68 bits per heavy atom. The summed E-state index contributed by atoms with van der Waals surface area (Å²) in [7, 11) is 1.65. The molecule has 0 aromatic heterocycles. The second-order valence-electron chi connectivity index (χ2n) is 4.33. The molecule has 0 heterocycles. The molecule has 96 valence electrons. The van der Waals surface area contributed by atoms with Gasteiger partial charge in [0.1, 0.15) is 5.75 Å². The molecule has 0 spiro atoms. The monoisotopic (exact) mass is 252 g/mol. The molecule has 0 aliphatic heterocycles. The van der Waals surface area contributed by atoms with Crippen molar-refractivity contribution in [2.24, 2.45) is 0 Å². The molecular weight excluding hydrogens is 236 g/mol. The van der Waals surface area contributed by atoms with E-state index in [1.807, 2.05) is 48.5 Å². The van der Waals surface area contributed by atoms with Crippen molar-refractivity contribution in [3.05, 3.63) is 59.7 Å². The lowest BCUT2D eigenvalue weighted by atomic mass is 10.1. The van der Waals surface area contributed by atoms with Crippen molar-refractivity contribution in [3.8, 4) is 11.8 Å². The molecule has 0 saturated carbocycles. The molecule has 3 heteroatoms. The number of benzene rings is 2. The minimum Gasteiger partial charge on any atom is -0.497 e. The maximum absolute atomic E-state index is 8.77. The Bertz CT molecular complexity index is 567. The van der Waals surface area contributed by atoms with E-state index in [0.29, 0.717) is 5.56 Å². The summed E-state index contributed by atoms with van der Waals surface area (Å²) in [6.45, 7) is 2.09. The molecule has 0 radical (unpaired) electrons. The van der Waals surface area contributed by atoms with Crippen LogP contribution < -0.4 is 10.1 Å². The van der Waals surface area contributed by atoms with Gasteiger partial charge in [-0.2, -0.15) is 5.26 Å². The largest absolute Gasteiger partial charge is 0.497 e. The van der Waals surface area contributed by atoms with Crippen LogP contribution in [0.4, 0.5) is 5.69 Å². The van der Waals surface area contributed by atoms with Crippen LogP contribution in [-0.2, 0) is 0 Å². The van der Waals surface area contributed by atoms with Gasteiger partial charge in [-0.1, -0.05) is 12.1 Å². The van der Waals surface area contributed by atoms with E-state index in [-0.39, 0.29) is 6.04 Å². The fourth-order valence-corrected chi connectivity index (χ4v) is 1.87. The number of hydrogen-bond acceptors (Lipinski definition) is 3. The van der Waals surface area contributed by atoms with Crippen molar-refractivity contribution >= 4 is 5.69 Å². The van der Waals surface area contributed by atoms with Crippen molar-refractivity contribution in [1.29, 1.82) is 5.26 Å². The molecule has 0 saturated heterocycles. The van der Waals surface area contributed by atoms with Crippen molar-refractivity contribution in [1.82, 2.24) is 0 Å². The molecular formula is C16H16N2O. The number of rotatable bonds is 4. The smallest absolute Gasteiger partial charge is 0.119 e. The van der Waals surface area contributed by atoms with Crippen LogP contribution in [0, 0.1) is 11.3 Å². The highest BCUT2D eigenvalue weighted by Gasteiger charge is 2.05. The van der Waals surface area contributed by atoms with E-state index in [1.54, 1.807) is 7.11 Å². The summed E-state index contributed by atoms with van der Waals surface area (Å²) in [5.41, 5.74) is 2.87. The number of nitrogens with one attached hydrogen (secondary N) is 1. The topological polar surface area (TPSA) is 45.0 Å². The van der Waals surface area contributed by atoms with Crippen molar-refractivity contribution < 1.29 is 4.74 Å². The first-order valence-electron chi connectivity index (χ1n) is 6.13. The standard InChI is InChI=1S/C16H16N2O/c1-12(14-5-3-13(11-17)4-6-14)18-15-7-9-16(19-2)10-8-15/h3-10,12,18H,1-2H3/t12-/m1/s1. The minimum absolute atomic E-state index is 0.182. The average Bonchev–Trinajstić information content (AvgIpc) is 2.48. The van der Waals surface area contributed by atoms with Gasteiger partial charge in [-0.05, 0) is 48.9 Å². The van der Waals surface area contributed by atoms with E-state index < -0.39 is 0 Å². The second-order valence-corrected chi connectivity index (χ2v) is 4.33. The third kappa shape index (κ3) is 3.26. The van der Waals surface area contributed by atoms with Gasteiger partial charge in [0.05, 0.1) is 18.7 Å². The number of nitriles is 1. The van der Waals surface area contributed by atoms with Gasteiger partial charge in [-0.3, -0.25) is 0 Å². The summed E-state index contributed by atoms with van der Waals surface area (Å²) in [6.07, 6.45) is 0. The zero-order chi connectivity index (χ0) is 13.7. The van der Waals surface area contributed by atoms with Gasteiger partial charge in [0.15, 0.2) is 0 Å². The number of nitrogens with zero attached hydrogens (tertiary/aromatic N) is 1. The third-order valence-electron chi connectivity index (χ3n) is 3.01. The molecule has 0 bridgehead atoms. The van der Waals surface area contributed by atoms with E-state index in [2.05, 4.69) is 18.3 Å². The summed E-state index contributed by atoms with van der Waals surface area (Å²) >= 11 is 0. The number of ether oxygens (including phenoxy) is 1. The number of methoxy groups -OCH3 is 1. The van der Waals surface area contributed by atoms with Crippen molar-refractivity contribution in [2.45, 2.75) is 13.0 Å². The molecule has 1 N–H and O–H groups in total. The molecule has 2 aromatic carbocycles. The predicted molar refractivity (Wildman–Crippen MR) is 76.2 cm³/mol. The lowest BCUT2D eigenvalue weighted by Gasteiger charge is -2.16. The normalized spacial score (nSPS) is 11.4. The van der Waals surface area contributed by atoms with Crippen molar-refractivity contribution in [2.75, 3.05) is 12.4 Å². The first-order chi connectivity index (χ1) is 9.22. The molecule has 2 rings (SSSR count). The first-order valence-corrected chi connectivity index (χ1v) is 6.13. The lowest BCUT2D eigenvalue weighted by molar-refractivity contribution is 0.415. The van der Waals surface area contributed by atoms with Gasteiger partial charge in [0.25, 0.3) is 0 Å². The Labute approximate surface area is 113 Å². The van der Waals surface area contributed by atoms with Crippen molar-refractivity contribution in [3.63, 3.8) is 0 Å². The Hall–Kier alpha value is -2.47. The molecule has 0 aliphatic rings. The van der Waals surface area contributed by atoms with Gasteiger partial charge in [-0.15, -0.1) is 0 Å². The second kappa shape index (κ2) is 5.92. The van der Waals surface area contributed by atoms with Crippen LogP contribution >= 0.6 is 0 Å². The fraction of sp³-hybridized carbons (Fsp3) is 0.188. The van der Waals surface area contributed by atoms with Crippen LogP contribution in [0.1, 0.15) is 24.1 Å². The predicted octanol–water partition coefficient (Wildman–Crippen LogP) is 3.74. The zero-order valence-electron chi connectivity index (χ0n) is 11.1. The van der Waals surface area contributed by atoms with E-state index >= 15 is 0 Å². The van der Waals surface area contributed by atoms with Crippen LogP contribution in [0.15, 0.2) is 48.5 Å². The van der Waals surface area contributed by atoms with Crippen LogP contribution in [-0.4, -0.2) is 7.11 Å². The molecule has 0 aliphatic carbocycles. The molecule has 3 nitrogen and oxygen atoms in total. The van der Waals surface area contributed by atoms with Gasteiger partial charge < -0.3 is 10.1 Å². The summed E-state index contributed by atoms with van der Waals surface area (Å²) < 4.78 is 5.13. The van der Waals surface area contributed by atoms with Crippen LogP contribution in [0.5, 0.6) is 5.75 Å². The lowest BCUT2D eigenvalue weighted by Crippen LogP contribution is -2.06. The Kier molecular flexibility index (Phi) is 4.04. The Balaban J connectivity index is 2.06. The van der Waals surface area contributed by atoms with Crippen LogP contribution in [0.3, 0.4) is 0 Å². The van der Waals surface area contributed by atoms with E-state index in [0.717, 1.165) is 17.0 Å². The van der Waals surface area contributed by atoms with E-state index in [9.17, 15) is 0 Å². The highest BCUT2D eigenvalue weighted by atomic mass is 16.5. The molecule has 2 aromatic rings. The van der Waals surface area contributed by atoms with Gasteiger partial charge in [0, 0.05) is 11.7 Å². The quantitative estimate of drug-likeness (QED) is 0.901. The van der Waals surface area contributed by atoms with Crippen LogP contribution in [0.25, 0.3) is 0 Å². The first kappa shape index (κ1) is 13.0. The average molecular weight is 252 g/mol. The summed E-state index contributed by atoms with van der Waals surface area (Å²) in [6, 6.07) is 17.7. The Morgan fingerprint density at radius 3 is 2.21 bits per heavy atom. The van der Waals surface area contributed by atoms with E-state index in [4.69, 9.17) is 10.00 Å². The van der Waals surface area contributed by atoms with Crippen LogP contribution in [0.2, 0.25) is 0 Å². The molecule has 1 atom stereocenters. The van der Waals surface area contributed by atoms with E-state index in [1.165, 1.54) is 0 Å². The van der Waals surface area contributed by atoms with Gasteiger partial charge in [-0.25, -0.2) is 0 Å².